The van der Waals surface area contributed by atoms with Crippen molar-refractivity contribution in [2.24, 2.45) is 0 Å². The summed E-state index contributed by atoms with van der Waals surface area (Å²) in [5, 5.41) is 9.87. The number of fused-ring (bicyclic) bond motifs is 1. The Morgan fingerprint density at radius 1 is 1.11 bits per heavy atom. The van der Waals surface area contributed by atoms with E-state index in [1.807, 2.05) is 38.1 Å². The van der Waals surface area contributed by atoms with Gasteiger partial charge in [0, 0.05) is 33.0 Å². The van der Waals surface area contributed by atoms with Gasteiger partial charge in [-0.2, -0.15) is 4.98 Å². The molecule has 0 fully saturated rings. The first-order valence-corrected chi connectivity index (χ1v) is 13.2. The fraction of sp³-hybridized carbons (Fsp3) is 0.304. The number of nitrogens with one attached hydrogen (secondary N) is 2. The normalized spacial score (nSPS) is 11.9. The molecule has 0 saturated heterocycles. The van der Waals surface area contributed by atoms with Crippen LogP contribution in [0, 0.1) is 0 Å². The number of urea groups is 1. The van der Waals surface area contributed by atoms with Gasteiger partial charge in [-0.1, -0.05) is 48.5 Å². The van der Waals surface area contributed by atoms with Crippen molar-refractivity contribution in [3.8, 4) is 11.1 Å². The highest BCUT2D eigenvalue weighted by Gasteiger charge is 2.18. The van der Waals surface area contributed by atoms with Gasteiger partial charge in [-0.15, -0.1) is 0 Å². The zero-order valence-corrected chi connectivity index (χ0v) is 21.4. The molecule has 0 saturated carbocycles. The molecular formula is C23H26N6O4S2. The molecule has 2 aromatic carbocycles. The van der Waals surface area contributed by atoms with Crippen LogP contribution in [0.15, 0.2) is 51.9 Å². The average molecular weight is 515 g/mol. The number of thiazole rings is 1. The summed E-state index contributed by atoms with van der Waals surface area (Å²) in [6, 6.07) is 12.1. The second-order valence-corrected chi connectivity index (χ2v) is 11.5. The number of rotatable bonds is 8. The molecule has 0 aliphatic carbocycles. The van der Waals surface area contributed by atoms with Crippen LogP contribution in [0.5, 0.6) is 0 Å². The van der Waals surface area contributed by atoms with E-state index in [1.54, 1.807) is 18.2 Å². The largest absolute Gasteiger partial charge is 0.339 e. The van der Waals surface area contributed by atoms with Crippen molar-refractivity contribution < 1.29 is 17.7 Å². The van der Waals surface area contributed by atoms with Crippen molar-refractivity contribution >= 4 is 42.7 Å². The van der Waals surface area contributed by atoms with E-state index in [0.29, 0.717) is 29.8 Å². The van der Waals surface area contributed by atoms with Gasteiger partial charge in [0.05, 0.1) is 15.1 Å². The first-order chi connectivity index (χ1) is 16.6. The SMILES string of the molecule is CC(C)c1noc(CCNC(=O)Nc2nc3ccc(-c4cccc(S(=O)(=O)N(C)C)c4)cc3s2)n1. The van der Waals surface area contributed by atoms with Crippen molar-refractivity contribution in [2.45, 2.75) is 31.1 Å². The maximum Gasteiger partial charge on any atom is 0.321 e. The molecule has 0 unspecified atom stereocenters. The van der Waals surface area contributed by atoms with Gasteiger partial charge in [-0.3, -0.25) is 5.32 Å². The number of carbonyl (C=O) groups is 1. The summed E-state index contributed by atoms with van der Waals surface area (Å²) < 4.78 is 32.2. The number of amides is 2. The average Bonchev–Trinajstić information content (AvgIpc) is 3.45. The number of nitrogens with zero attached hydrogens (tertiary/aromatic N) is 4. The number of aromatic nitrogens is 3. The molecule has 0 aliphatic heterocycles. The smallest absolute Gasteiger partial charge is 0.321 e. The summed E-state index contributed by atoms with van der Waals surface area (Å²) in [7, 11) is -0.524. The molecule has 2 amide bonds. The van der Waals surface area contributed by atoms with E-state index in [-0.39, 0.29) is 16.8 Å². The van der Waals surface area contributed by atoms with E-state index in [9.17, 15) is 13.2 Å². The Labute approximate surface area is 207 Å². The topological polar surface area (TPSA) is 130 Å². The van der Waals surface area contributed by atoms with E-state index >= 15 is 0 Å². The van der Waals surface area contributed by atoms with E-state index in [4.69, 9.17) is 4.52 Å². The highest BCUT2D eigenvalue weighted by Crippen LogP contribution is 2.31. The molecule has 4 aromatic rings. The Morgan fingerprint density at radius 3 is 2.60 bits per heavy atom. The van der Waals surface area contributed by atoms with Crippen molar-refractivity contribution in [2.75, 3.05) is 26.0 Å². The maximum atomic E-state index is 12.5. The molecule has 2 heterocycles. The summed E-state index contributed by atoms with van der Waals surface area (Å²) in [6.45, 7) is 4.30. The molecule has 184 valence electrons. The van der Waals surface area contributed by atoms with E-state index in [2.05, 4.69) is 25.8 Å². The van der Waals surface area contributed by atoms with Crippen LogP contribution in [0.4, 0.5) is 9.93 Å². The van der Waals surface area contributed by atoms with Gasteiger partial charge in [0.2, 0.25) is 15.9 Å². The molecular weight excluding hydrogens is 488 g/mol. The molecule has 35 heavy (non-hydrogen) atoms. The van der Waals surface area contributed by atoms with Crippen LogP contribution in [-0.4, -0.2) is 54.5 Å². The molecule has 12 heteroatoms. The number of carbonyl (C=O) groups excluding carboxylic acids is 1. The lowest BCUT2D eigenvalue weighted by molar-refractivity contribution is 0.252. The molecule has 2 N–H and O–H groups in total. The van der Waals surface area contributed by atoms with Crippen molar-refractivity contribution in [3.63, 3.8) is 0 Å². The van der Waals surface area contributed by atoms with Gasteiger partial charge >= 0.3 is 6.03 Å². The minimum Gasteiger partial charge on any atom is -0.339 e. The fourth-order valence-corrected chi connectivity index (χ4v) is 5.08. The molecule has 2 aromatic heterocycles. The Hall–Kier alpha value is -3.35. The Morgan fingerprint density at radius 2 is 1.89 bits per heavy atom. The van der Waals surface area contributed by atoms with Crippen molar-refractivity contribution in [3.05, 3.63) is 54.2 Å². The molecule has 0 radical (unpaired) electrons. The van der Waals surface area contributed by atoms with Crippen LogP contribution in [0.1, 0.15) is 31.5 Å². The van der Waals surface area contributed by atoms with Crippen LogP contribution in [-0.2, 0) is 16.4 Å². The lowest BCUT2D eigenvalue weighted by Gasteiger charge is -2.12. The molecule has 0 aliphatic rings. The first kappa shape index (κ1) is 24.8. The summed E-state index contributed by atoms with van der Waals surface area (Å²) in [5.74, 6) is 1.30. The molecule has 4 rings (SSSR count). The quantitative estimate of drug-likeness (QED) is 0.362. The molecule has 0 spiro atoms. The van der Waals surface area contributed by atoms with E-state index < -0.39 is 10.0 Å². The van der Waals surface area contributed by atoms with Crippen LogP contribution in [0.3, 0.4) is 0 Å². The van der Waals surface area contributed by atoms with E-state index in [1.165, 1.54) is 29.7 Å². The standard InChI is InChI=1S/C23H26N6O4S2/c1-14(2)21-26-20(33-28-21)10-11-24-22(30)27-23-25-18-9-8-16(13-19(18)34-23)15-6-5-7-17(12-15)35(31,32)29(3)4/h5-9,12-14H,10-11H2,1-4H3,(H2,24,25,27,30). The Bertz CT molecular complexity index is 1460. The fourth-order valence-electron chi connectivity index (χ4n) is 3.23. The van der Waals surface area contributed by atoms with Gasteiger partial charge in [0.15, 0.2) is 11.0 Å². The number of sulfonamides is 1. The van der Waals surface area contributed by atoms with Gasteiger partial charge in [-0.25, -0.2) is 22.5 Å². The maximum absolute atomic E-state index is 12.5. The van der Waals surface area contributed by atoms with Gasteiger partial charge < -0.3 is 9.84 Å². The minimum atomic E-state index is -3.53. The van der Waals surface area contributed by atoms with Crippen LogP contribution in [0.2, 0.25) is 0 Å². The number of hydrogen-bond donors (Lipinski definition) is 2. The van der Waals surface area contributed by atoms with E-state index in [0.717, 1.165) is 21.3 Å². The third-order valence-electron chi connectivity index (χ3n) is 5.18. The Kier molecular flexibility index (Phi) is 7.15. The van der Waals surface area contributed by atoms with Gasteiger partial charge in [0.1, 0.15) is 0 Å². The highest BCUT2D eigenvalue weighted by molar-refractivity contribution is 7.89. The number of hydrogen-bond acceptors (Lipinski definition) is 8. The lowest BCUT2D eigenvalue weighted by atomic mass is 10.1. The summed E-state index contributed by atoms with van der Waals surface area (Å²) in [5.41, 5.74) is 2.36. The number of anilines is 1. The third-order valence-corrected chi connectivity index (χ3v) is 7.92. The number of benzene rings is 2. The van der Waals surface area contributed by atoms with Crippen molar-refractivity contribution in [1.82, 2.24) is 24.7 Å². The van der Waals surface area contributed by atoms with Gasteiger partial charge in [-0.05, 0) is 35.4 Å². The minimum absolute atomic E-state index is 0.179. The second kappa shape index (κ2) is 10.1. The summed E-state index contributed by atoms with van der Waals surface area (Å²) >= 11 is 1.34. The first-order valence-electron chi connectivity index (χ1n) is 10.9. The summed E-state index contributed by atoms with van der Waals surface area (Å²) in [4.78, 5) is 21.3. The third kappa shape index (κ3) is 5.66. The van der Waals surface area contributed by atoms with Crippen LogP contribution >= 0.6 is 11.3 Å². The highest BCUT2D eigenvalue weighted by atomic mass is 32.2. The molecule has 0 atom stereocenters. The van der Waals surface area contributed by atoms with Crippen molar-refractivity contribution in [1.29, 1.82) is 0 Å². The van der Waals surface area contributed by atoms with Crippen LogP contribution < -0.4 is 10.6 Å². The monoisotopic (exact) mass is 514 g/mol. The zero-order chi connectivity index (χ0) is 25.2. The predicted molar refractivity (Wildman–Crippen MR) is 135 cm³/mol. The zero-order valence-electron chi connectivity index (χ0n) is 19.8. The summed E-state index contributed by atoms with van der Waals surface area (Å²) in [6.07, 6.45) is 0.430. The molecule has 10 nitrogen and oxygen atoms in total. The second-order valence-electron chi connectivity index (χ2n) is 8.35. The van der Waals surface area contributed by atoms with Gasteiger partial charge in [0.25, 0.3) is 0 Å². The molecule has 0 bridgehead atoms. The predicted octanol–water partition coefficient (Wildman–Crippen LogP) is 4.08. The Balaban J connectivity index is 1.42. The lowest BCUT2D eigenvalue weighted by Crippen LogP contribution is -2.30. The van der Waals surface area contributed by atoms with Crippen LogP contribution in [0.25, 0.3) is 21.3 Å².